The van der Waals surface area contributed by atoms with Crippen molar-refractivity contribution in [1.82, 2.24) is 4.90 Å². The minimum Gasteiger partial charge on any atom is -0.322 e. The molecule has 0 aliphatic rings. The Labute approximate surface area is 101 Å². The molecule has 0 fully saturated rings. The highest BCUT2D eigenvalue weighted by Crippen LogP contribution is 2.18. The van der Waals surface area contributed by atoms with Gasteiger partial charge in [-0.15, -0.1) is 0 Å². The molecule has 1 rings (SSSR count). The Morgan fingerprint density at radius 1 is 1.35 bits per heavy atom. The maximum absolute atomic E-state index is 11.7. The fourth-order valence-electron chi connectivity index (χ4n) is 1.61. The summed E-state index contributed by atoms with van der Waals surface area (Å²) in [6, 6.07) is 9.43. The predicted molar refractivity (Wildman–Crippen MR) is 66.9 cm³/mol. The maximum atomic E-state index is 11.7. The quantitative estimate of drug-likeness (QED) is 0.771. The van der Waals surface area contributed by atoms with Gasteiger partial charge in [0.15, 0.2) is 0 Å². The van der Waals surface area contributed by atoms with Gasteiger partial charge in [-0.1, -0.05) is 36.4 Å². The van der Waals surface area contributed by atoms with Gasteiger partial charge in [-0.2, -0.15) is 0 Å². The van der Waals surface area contributed by atoms with Crippen LogP contribution in [0.3, 0.4) is 0 Å². The standard InChI is InChI=1S/C13H16N2O2/c1-2-12(11-6-4-3-5-7-11)15(8-9-16)13(17)10-14/h2-7,9H,8,10,14H2,1H3/b12-2-. The molecule has 0 heterocycles. The molecule has 1 aromatic rings. The highest BCUT2D eigenvalue weighted by Gasteiger charge is 2.16. The van der Waals surface area contributed by atoms with E-state index in [0.29, 0.717) is 12.0 Å². The van der Waals surface area contributed by atoms with E-state index in [4.69, 9.17) is 5.73 Å². The average molecular weight is 232 g/mol. The first-order valence-corrected chi connectivity index (χ1v) is 5.40. The Bertz CT molecular complexity index is 413. The summed E-state index contributed by atoms with van der Waals surface area (Å²) in [5.41, 5.74) is 6.93. The molecule has 0 saturated carbocycles. The first-order chi connectivity index (χ1) is 8.24. The number of benzene rings is 1. The number of nitrogens with zero attached hydrogens (tertiary/aromatic N) is 1. The molecule has 17 heavy (non-hydrogen) atoms. The third kappa shape index (κ3) is 3.26. The molecular weight excluding hydrogens is 216 g/mol. The Kier molecular flexibility index (Phi) is 5.10. The van der Waals surface area contributed by atoms with Crippen LogP contribution < -0.4 is 5.73 Å². The second-order valence-corrected chi connectivity index (χ2v) is 3.42. The molecule has 90 valence electrons. The third-order valence-corrected chi connectivity index (χ3v) is 2.37. The van der Waals surface area contributed by atoms with Crippen LogP contribution in [0.25, 0.3) is 5.70 Å². The zero-order chi connectivity index (χ0) is 12.7. The van der Waals surface area contributed by atoms with Gasteiger partial charge in [0.2, 0.25) is 5.91 Å². The molecule has 4 heteroatoms. The molecule has 0 radical (unpaired) electrons. The van der Waals surface area contributed by atoms with Crippen LogP contribution in [0, 0.1) is 0 Å². The van der Waals surface area contributed by atoms with Gasteiger partial charge >= 0.3 is 0 Å². The van der Waals surface area contributed by atoms with Crippen molar-refractivity contribution in [3.8, 4) is 0 Å². The predicted octanol–water partition coefficient (Wildman–Crippen LogP) is 1.03. The summed E-state index contributed by atoms with van der Waals surface area (Å²) < 4.78 is 0. The van der Waals surface area contributed by atoms with Gasteiger partial charge in [0.25, 0.3) is 0 Å². The van der Waals surface area contributed by atoms with Gasteiger partial charge in [0.1, 0.15) is 6.29 Å². The number of allylic oxidation sites excluding steroid dienone is 1. The average Bonchev–Trinajstić information content (AvgIpc) is 2.39. The van der Waals surface area contributed by atoms with E-state index < -0.39 is 0 Å². The number of aldehydes is 1. The second kappa shape index (κ2) is 6.60. The van der Waals surface area contributed by atoms with E-state index in [1.807, 2.05) is 37.3 Å². The molecule has 2 N–H and O–H groups in total. The van der Waals surface area contributed by atoms with Crippen molar-refractivity contribution in [3.05, 3.63) is 42.0 Å². The number of carbonyl (C=O) groups excluding carboxylic acids is 2. The number of carbonyl (C=O) groups is 2. The monoisotopic (exact) mass is 232 g/mol. The summed E-state index contributed by atoms with van der Waals surface area (Å²) in [5, 5.41) is 0. The van der Waals surface area contributed by atoms with Crippen LogP contribution in [-0.2, 0) is 9.59 Å². The number of hydrogen-bond donors (Lipinski definition) is 1. The lowest BCUT2D eigenvalue weighted by atomic mass is 10.1. The van der Waals surface area contributed by atoms with Crippen LogP contribution >= 0.6 is 0 Å². The molecule has 4 nitrogen and oxygen atoms in total. The van der Waals surface area contributed by atoms with Crippen molar-refractivity contribution in [3.63, 3.8) is 0 Å². The Morgan fingerprint density at radius 3 is 2.47 bits per heavy atom. The van der Waals surface area contributed by atoms with E-state index in [1.54, 1.807) is 6.08 Å². The van der Waals surface area contributed by atoms with Crippen molar-refractivity contribution < 1.29 is 9.59 Å². The maximum Gasteiger partial charge on any atom is 0.241 e. The van der Waals surface area contributed by atoms with Gasteiger partial charge in [-0.3, -0.25) is 4.79 Å². The van der Waals surface area contributed by atoms with E-state index >= 15 is 0 Å². The van der Waals surface area contributed by atoms with Gasteiger partial charge in [-0.25, -0.2) is 0 Å². The molecular formula is C13H16N2O2. The molecule has 0 saturated heterocycles. The van der Waals surface area contributed by atoms with E-state index in [1.165, 1.54) is 4.90 Å². The fraction of sp³-hybridized carbons (Fsp3) is 0.231. The first-order valence-electron chi connectivity index (χ1n) is 5.40. The SMILES string of the molecule is C/C=C(/c1ccccc1)N(CC=O)C(=O)CN. The van der Waals surface area contributed by atoms with E-state index in [-0.39, 0.29) is 19.0 Å². The zero-order valence-corrected chi connectivity index (χ0v) is 9.80. The summed E-state index contributed by atoms with van der Waals surface area (Å²) in [6.07, 6.45) is 2.49. The first kappa shape index (κ1) is 13.1. The van der Waals surface area contributed by atoms with E-state index in [9.17, 15) is 9.59 Å². The fourth-order valence-corrected chi connectivity index (χ4v) is 1.61. The minimum absolute atomic E-state index is 0.0185. The molecule has 0 aliphatic heterocycles. The molecule has 0 atom stereocenters. The number of rotatable bonds is 5. The largest absolute Gasteiger partial charge is 0.322 e. The Balaban J connectivity index is 3.07. The highest BCUT2D eigenvalue weighted by atomic mass is 16.2. The van der Waals surface area contributed by atoms with Crippen molar-refractivity contribution in [2.45, 2.75) is 6.92 Å². The van der Waals surface area contributed by atoms with Crippen LogP contribution in [-0.4, -0.2) is 30.2 Å². The van der Waals surface area contributed by atoms with Crippen LogP contribution in [0.15, 0.2) is 36.4 Å². The zero-order valence-electron chi connectivity index (χ0n) is 9.80. The summed E-state index contributed by atoms with van der Waals surface area (Å²) >= 11 is 0. The summed E-state index contributed by atoms with van der Waals surface area (Å²) in [5.74, 6) is -0.269. The molecule has 0 spiro atoms. The lowest BCUT2D eigenvalue weighted by molar-refractivity contribution is -0.128. The lowest BCUT2D eigenvalue weighted by Crippen LogP contribution is -2.36. The molecule has 0 bridgehead atoms. The van der Waals surface area contributed by atoms with Crippen molar-refractivity contribution in [2.75, 3.05) is 13.1 Å². The van der Waals surface area contributed by atoms with Crippen molar-refractivity contribution in [1.29, 1.82) is 0 Å². The highest BCUT2D eigenvalue weighted by molar-refractivity contribution is 5.89. The van der Waals surface area contributed by atoms with Crippen LogP contribution in [0.2, 0.25) is 0 Å². The van der Waals surface area contributed by atoms with Crippen LogP contribution in [0.1, 0.15) is 12.5 Å². The van der Waals surface area contributed by atoms with Gasteiger partial charge in [0, 0.05) is 5.70 Å². The number of nitrogens with two attached hydrogens (primary N) is 1. The topological polar surface area (TPSA) is 63.4 Å². The van der Waals surface area contributed by atoms with Crippen LogP contribution in [0.5, 0.6) is 0 Å². The Morgan fingerprint density at radius 2 is 2.00 bits per heavy atom. The molecule has 0 aliphatic carbocycles. The van der Waals surface area contributed by atoms with Gasteiger partial charge < -0.3 is 15.4 Å². The second-order valence-electron chi connectivity index (χ2n) is 3.42. The Hall–Kier alpha value is -1.94. The van der Waals surface area contributed by atoms with Gasteiger partial charge in [0.05, 0.1) is 13.1 Å². The third-order valence-electron chi connectivity index (χ3n) is 2.37. The van der Waals surface area contributed by atoms with E-state index in [0.717, 1.165) is 5.56 Å². The smallest absolute Gasteiger partial charge is 0.241 e. The molecule has 1 amide bonds. The minimum atomic E-state index is -0.269. The molecule has 0 aromatic heterocycles. The van der Waals surface area contributed by atoms with E-state index in [2.05, 4.69) is 0 Å². The van der Waals surface area contributed by atoms with Crippen molar-refractivity contribution >= 4 is 17.9 Å². The number of hydrogen-bond acceptors (Lipinski definition) is 3. The van der Waals surface area contributed by atoms with Crippen molar-refractivity contribution in [2.24, 2.45) is 5.73 Å². The van der Waals surface area contributed by atoms with Gasteiger partial charge in [-0.05, 0) is 12.5 Å². The summed E-state index contributed by atoms with van der Waals surface area (Å²) in [4.78, 5) is 23.7. The van der Waals surface area contributed by atoms with Crippen LogP contribution in [0.4, 0.5) is 0 Å². The lowest BCUT2D eigenvalue weighted by Gasteiger charge is -2.23. The molecule has 0 unspecified atom stereocenters. The molecule has 1 aromatic carbocycles. The number of amides is 1. The summed E-state index contributed by atoms with van der Waals surface area (Å²) in [6.45, 7) is 1.73. The summed E-state index contributed by atoms with van der Waals surface area (Å²) in [7, 11) is 0. The normalized spacial score (nSPS) is 11.1.